The molecular formula is C17H18IN3O2S. The molecule has 0 fully saturated rings. The lowest BCUT2D eigenvalue weighted by molar-refractivity contribution is 0.0528. The molecule has 1 heterocycles. The average molecular weight is 455 g/mol. The Morgan fingerprint density at radius 2 is 2.00 bits per heavy atom. The average Bonchev–Trinajstić information content (AvgIpc) is 2.96. The number of carbonyl (C=O) groups excluding carboxylic acids is 1. The van der Waals surface area contributed by atoms with E-state index in [9.17, 15) is 4.79 Å². The van der Waals surface area contributed by atoms with Gasteiger partial charge in [0.1, 0.15) is 5.00 Å². The minimum atomic E-state index is -0.367. The summed E-state index contributed by atoms with van der Waals surface area (Å²) in [5.74, 6) is -0.367. The van der Waals surface area contributed by atoms with Crippen molar-refractivity contribution in [2.24, 2.45) is 9.98 Å². The summed E-state index contributed by atoms with van der Waals surface area (Å²) in [6.07, 6.45) is 3.40. The fourth-order valence-corrected chi connectivity index (χ4v) is 2.96. The predicted octanol–water partition coefficient (Wildman–Crippen LogP) is 4.50. The lowest BCUT2D eigenvalue weighted by atomic mass is 10.3. The molecule has 7 heteroatoms. The molecule has 0 radical (unpaired) electrons. The number of carbonyl (C=O) groups is 1. The van der Waals surface area contributed by atoms with E-state index in [0.29, 0.717) is 17.2 Å². The van der Waals surface area contributed by atoms with Crippen LogP contribution in [0.3, 0.4) is 0 Å². The van der Waals surface area contributed by atoms with Gasteiger partial charge in [0.15, 0.2) is 0 Å². The van der Waals surface area contributed by atoms with Crippen LogP contribution in [0.1, 0.15) is 22.2 Å². The normalized spacial score (nSPS) is 11.3. The number of hydrogen-bond donors (Lipinski definition) is 0. The first kappa shape index (κ1) is 18.6. The van der Waals surface area contributed by atoms with E-state index < -0.39 is 0 Å². The number of aliphatic imine (C=N–C) groups is 2. The van der Waals surface area contributed by atoms with Gasteiger partial charge in [-0.05, 0) is 59.8 Å². The summed E-state index contributed by atoms with van der Waals surface area (Å²) in [6.45, 7) is 2.11. The van der Waals surface area contributed by atoms with E-state index in [-0.39, 0.29) is 5.97 Å². The molecule has 1 aromatic heterocycles. The Morgan fingerprint density at radius 3 is 2.62 bits per heavy atom. The number of benzene rings is 1. The summed E-state index contributed by atoms with van der Waals surface area (Å²) < 4.78 is 6.26. The van der Waals surface area contributed by atoms with Crippen molar-refractivity contribution >= 4 is 63.1 Å². The van der Waals surface area contributed by atoms with Crippen molar-refractivity contribution in [3.8, 4) is 0 Å². The quantitative estimate of drug-likeness (QED) is 0.279. The monoisotopic (exact) mass is 455 g/mol. The van der Waals surface area contributed by atoms with Crippen molar-refractivity contribution in [3.63, 3.8) is 0 Å². The van der Waals surface area contributed by atoms with Crippen LogP contribution in [0, 0.1) is 3.57 Å². The molecule has 0 unspecified atom stereocenters. The highest BCUT2D eigenvalue weighted by molar-refractivity contribution is 14.1. The molecule has 0 saturated heterocycles. The molecule has 0 atom stereocenters. The highest BCUT2D eigenvalue weighted by Crippen LogP contribution is 2.31. The summed E-state index contributed by atoms with van der Waals surface area (Å²) in [7, 11) is 3.75. The third kappa shape index (κ3) is 5.41. The second kappa shape index (κ2) is 8.93. The minimum Gasteiger partial charge on any atom is -0.462 e. The lowest BCUT2D eigenvalue weighted by Crippen LogP contribution is -2.07. The van der Waals surface area contributed by atoms with E-state index in [4.69, 9.17) is 4.74 Å². The Kier molecular flexibility index (Phi) is 6.92. The van der Waals surface area contributed by atoms with Gasteiger partial charge in [-0.3, -0.25) is 4.99 Å². The molecule has 0 aliphatic carbocycles. The van der Waals surface area contributed by atoms with Gasteiger partial charge in [0, 0.05) is 28.8 Å². The molecule has 1 aromatic carbocycles. The summed E-state index contributed by atoms with van der Waals surface area (Å²) in [6, 6.07) is 9.66. The fraction of sp³-hybridized carbons (Fsp3) is 0.235. The molecule has 24 heavy (non-hydrogen) atoms. The molecule has 0 aliphatic heterocycles. The second-order valence-electron chi connectivity index (χ2n) is 5.03. The number of thiophene rings is 1. The first-order valence-electron chi connectivity index (χ1n) is 7.30. The zero-order valence-corrected chi connectivity index (χ0v) is 16.7. The maximum Gasteiger partial charge on any atom is 0.341 e. The van der Waals surface area contributed by atoms with Crippen molar-refractivity contribution in [1.82, 2.24) is 4.90 Å². The molecule has 2 rings (SSSR count). The molecule has 0 bridgehead atoms. The van der Waals surface area contributed by atoms with Gasteiger partial charge < -0.3 is 9.64 Å². The number of esters is 1. The van der Waals surface area contributed by atoms with Crippen molar-refractivity contribution in [3.05, 3.63) is 44.3 Å². The van der Waals surface area contributed by atoms with E-state index in [2.05, 4.69) is 32.6 Å². The van der Waals surface area contributed by atoms with Crippen LogP contribution in [0.5, 0.6) is 0 Å². The fourth-order valence-electron chi connectivity index (χ4n) is 1.75. The summed E-state index contributed by atoms with van der Waals surface area (Å²) >= 11 is 3.65. The Bertz CT molecular complexity index is 752. The zero-order valence-electron chi connectivity index (χ0n) is 13.7. The van der Waals surface area contributed by atoms with E-state index in [0.717, 1.165) is 14.1 Å². The Balaban J connectivity index is 2.28. The number of halogens is 1. The van der Waals surface area contributed by atoms with Crippen LogP contribution in [-0.2, 0) is 4.74 Å². The van der Waals surface area contributed by atoms with Crippen LogP contribution in [0.2, 0.25) is 0 Å². The largest absolute Gasteiger partial charge is 0.462 e. The highest BCUT2D eigenvalue weighted by Gasteiger charge is 2.16. The first-order chi connectivity index (χ1) is 11.5. The van der Waals surface area contributed by atoms with Crippen molar-refractivity contribution < 1.29 is 9.53 Å². The predicted molar refractivity (Wildman–Crippen MR) is 109 cm³/mol. The third-order valence-electron chi connectivity index (χ3n) is 2.80. The van der Waals surface area contributed by atoms with Gasteiger partial charge in [0.25, 0.3) is 0 Å². The van der Waals surface area contributed by atoms with Crippen molar-refractivity contribution in [2.45, 2.75) is 6.92 Å². The Morgan fingerprint density at radius 1 is 1.29 bits per heavy atom. The van der Waals surface area contributed by atoms with Gasteiger partial charge in [-0.2, -0.15) is 0 Å². The Hall–Kier alpha value is -1.74. The molecule has 0 aliphatic rings. The van der Waals surface area contributed by atoms with E-state index in [1.807, 2.05) is 43.3 Å². The van der Waals surface area contributed by atoms with Gasteiger partial charge in [0.05, 0.1) is 24.2 Å². The molecule has 2 aromatic rings. The van der Waals surface area contributed by atoms with Crippen molar-refractivity contribution in [1.29, 1.82) is 0 Å². The summed E-state index contributed by atoms with van der Waals surface area (Å²) in [5, 5.41) is 0.617. The van der Waals surface area contributed by atoms with Crippen LogP contribution in [-0.4, -0.2) is 44.1 Å². The minimum absolute atomic E-state index is 0.331. The number of hydrogen-bond acceptors (Lipinski definition) is 5. The van der Waals surface area contributed by atoms with Gasteiger partial charge in [-0.15, -0.1) is 11.3 Å². The molecular weight excluding hydrogens is 437 g/mol. The molecule has 126 valence electrons. The number of rotatable bonds is 6. The standard InChI is InChI=1S/C17H18IN3O2S/c1-4-23-17(22)15-9-14(24-16(15)20-11-21(2)3)10-19-13-7-5-12(18)6-8-13/h5-11H,4H2,1-3H3. The number of nitrogens with zero attached hydrogens (tertiary/aromatic N) is 3. The van der Waals surface area contributed by atoms with Crippen LogP contribution >= 0.6 is 33.9 Å². The zero-order chi connectivity index (χ0) is 17.5. The Labute approximate surface area is 159 Å². The number of ether oxygens (including phenoxy) is 1. The summed E-state index contributed by atoms with van der Waals surface area (Å²) in [4.78, 5) is 23.5. The highest BCUT2D eigenvalue weighted by atomic mass is 127. The SMILES string of the molecule is CCOC(=O)c1cc(C=Nc2ccc(I)cc2)sc1N=CN(C)C. The van der Waals surface area contributed by atoms with Gasteiger partial charge in [-0.1, -0.05) is 0 Å². The molecule has 0 saturated carbocycles. The van der Waals surface area contributed by atoms with Crippen LogP contribution in [0.15, 0.2) is 40.3 Å². The van der Waals surface area contributed by atoms with E-state index in [1.165, 1.54) is 11.3 Å². The molecule has 0 N–H and O–H groups in total. The first-order valence-corrected chi connectivity index (χ1v) is 9.20. The van der Waals surface area contributed by atoms with Crippen LogP contribution < -0.4 is 0 Å². The topological polar surface area (TPSA) is 54.3 Å². The molecule has 0 amide bonds. The second-order valence-corrected chi connectivity index (χ2v) is 7.34. The summed E-state index contributed by atoms with van der Waals surface area (Å²) in [5.41, 5.74) is 1.32. The van der Waals surface area contributed by atoms with Crippen molar-refractivity contribution in [2.75, 3.05) is 20.7 Å². The molecule has 5 nitrogen and oxygen atoms in total. The van der Waals surface area contributed by atoms with E-state index in [1.54, 1.807) is 25.5 Å². The van der Waals surface area contributed by atoms with Gasteiger partial charge >= 0.3 is 5.97 Å². The van der Waals surface area contributed by atoms with Crippen LogP contribution in [0.25, 0.3) is 0 Å². The maximum absolute atomic E-state index is 12.1. The third-order valence-corrected chi connectivity index (χ3v) is 4.50. The lowest BCUT2D eigenvalue weighted by Gasteiger charge is -2.02. The molecule has 0 spiro atoms. The smallest absolute Gasteiger partial charge is 0.341 e. The van der Waals surface area contributed by atoms with Gasteiger partial charge in [-0.25, -0.2) is 9.79 Å². The maximum atomic E-state index is 12.1. The van der Waals surface area contributed by atoms with Crippen LogP contribution in [0.4, 0.5) is 10.7 Å². The van der Waals surface area contributed by atoms with E-state index >= 15 is 0 Å². The van der Waals surface area contributed by atoms with Gasteiger partial charge in [0.2, 0.25) is 0 Å².